The SMILES string of the molecule is CCCNc1cc(NCC2CCC(O)C2)nc(CCC)n1. The fourth-order valence-corrected chi connectivity index (χ4v) is 2.75. The van der Waals surface area contributed by atoms with Gasteiger partial charge in [0.25, 0.3) is 0 Å². The van der Waals surface area contributed by atoms with Gasteiger partial charge < -0.3 is 15.7 Å². The zero-order valence-electron chi connectivity index (χ0n) is 13.2. The Morgan fingerprint density at radius 1 is 1.14 bits per heavy atom. The van der Waals surface area contributed by atoms with Gasteiger partial charge in [-0.15, -0.1) is 0 Å². The normalized spacial score (nSPS) is 21.5. The van der Waals surface area contributed by atoms with Gasteiger partial charge in [0.2, 0.25) is 0 Å². The van der Waals surface area contributed by atoms with Gasteiger partial charge in [-0.3, -0.25) is 0 Å². The molecule has 3 N–H and O–H groups in total. The van der Waals surface area contributed by atoms with Crippen LogP contribution in [0.5, 0.6) is 0 Å². The average Bonchev–Trinajstić information content (AvgIpc) is 2.89. The summed E-state index contributed by atoms with van der Waals surface area (Å²) in [6.45, 7) is 6.10. The van der Waals surface area contributed by atoms with Crippen LogP contribution >= 0.6 is 0 Å². The van der Waals surface area contributed by atoms with Crippen molar-refractivity contribution in [2.24, 2.45) is 5.92 Å². The van der Waals surface area contributed by atoms with Crippen molar-refractivity contribution >= 4 is 11.6 Å². The second-order valence-corrected chi connectivity index (χ2v) is 5.95. The van der Waals surface area contributed by atoms with Crippen LogP contribution in [0.1, 0.15) is 51.8 Å². The molecule has 0 amide bonds. The van der Waals surface area contributed by atoms with Gasteiger partial charge in [-0.05, 0) is 38.0 Å². The van der Waals surface area contributed by atoms with E-state index in [1.54, 1.807) is 0 Å². The van der Waals surface area contributed by atoms with Crippen LogP contribution in [0.3, 0.4) is 0 Å². The quantitative estimate of drug-likeness (QED) is 0.687. The number of aliphatic hydroxyl groups excluding tert-OH is 1. The van der Waals surface area contributed by atoms with Crippen LogP contribution in [-0.2, 0) is 6.42 Å². The summed E-state index contributed by atoms with van der Waals surface area (Å²) < 4.78 is 0. The second kappa shape index (κ2) is 8.17. The summed E-state index contributed by atoms with van der Waals surface area (Å²) in [5, 5.41) is 16.3. The maximum absolute atomic E-state index is 9.59. The van der Waals surface area contributed by atoms with E-state index in [4.69, 9.17) is 0 Å². The molecule has 1 aromatic rings. The molecule has 2 atom stereocenters. The van der Waals surface area contributed by atoms with Crippen molar-refractivity contribution in [1.82, 2.24) is 9.97 Å². The molecule has 1 saturated carbocycles. The highest BCUT2D eigenvalue weighted by Crippen LogP contribution is 2.25. The summed E-state index contributed by atoms with van der Waals surface area (Å²) in [4.78, 5) is 9.14. The Morgan fingerprint density at radius 2 is 1.90 bits per heavy atom. The van der Waals surface area contributed by atoms with Crippen molar-refractivity contribution < 1.29 is 5.11 Å². The van der Waals surface area contributed by atoms with E-state index in [0.29, 0.717) is 5.92 Å². The van der Waals surface area contributed by atoms with Crippen molar-refractivity contribution in [3.05, 3.63) is 11.9 Å². The molecule has 0 aromatic carbocycles. The fraction of sp³-hybridized carbons (Fsp3) is 0.750. The second-order valence-electron chi connectivity index (χ2n) is 5.95. The molecular weight excluding hydrogens is 264 g/mol. The first-order valence-corrected chi connectivity index (χ1v) is 8.25. The van der Waals surface area contributed by atoms with Crippen LogP contribution < -0.4 is 10.6 Å². The lowest BCUT2D eigenvalue weighted by molar-refractivity contribution is 0.178. The van der Waals surface area contributed by atoms with Gasteiger partial charge in [0.1, 0.15) is 17.5 Å². The van der Waals surface area contributed by atoms with E-state index in [2.05, 4.69) is 34.4 Å². The predicted molar refractivity (Wildman–Crippen MR) is 86.6 cm³/mol. The molecule has 0 spiro atoms. The lowest BCUT2D eigenvalue weighted by Crippen LogP contribution is -2.15. The van der Waals surface area contributed by atoms with E-state index in [-0.39, 0.29) is 6.10 Å². The highest BCUT2D eigenvalue weighted by molar-refractivity contribution is 5.47. The van der Waals surface area contributed by atoms with E-state index in [9.17, 15) is 5.11 Å². The van der Waals surface area contributed by atoms with E-state index < -0.39 is 0 Å². The summed E-state index contributed by atoms with van der Waals surface area (Å²) in [6.07, 6.45) is 5.85. The number of aromatic nitrogens is 2. The van der Waals surface area contributed by atoms with Gasteiger partial charge in [-0.2, -0.15) is 0 Å². The predicted octanol–water partition coefficient (Wildman–Crippen LogP) is 2.82. The van der Waals surface area contributed by atoms with Crippen molar-refractivity contribution in [3.8, 4) is 0 Å². The summed E-state index contributed by atoms with van der Waals surface area (Å²) in [6, 6.07) is 1.99. The molecule has 21 heavy (non-hydrogen) atoms. The molecule has 5 heteroatoms. The minimum atomic E-state index is -0.111. The number of aryl methyl sites for hydroxylation is 1. The van der Waals surface area contributed by atoms with Crippen molar-refractivity contribution in [1.29, 1.82) is 0 Å². The number of anilines is 2. The minimum Gasteiger partial charge on any atom is -0.393 e. The van der Waals surface area contributed by atoms with Crippen LogP contribution in [0.25, 0.3) is 0 Å². The van der Waals surface area contributed by atoms with Gasteiger partial charge in [0.05, 0.1) is 6.10 Å². The smallest absolute Gasteiger partial charge is 0.133 e. The van der Waals surface area contributed by atoms with E-state index >= 15 is 0 Å². The molecule has 1 fully saturated rings. The molecule has 118 valence electrons. The molecule has 0 radical (unpaired) electrons. The maximum atomic E-state index is 9.59. The number of aliphatic hydroxyl groups is 1. The third kappa shape index (κ3) is 5.16. The molecule has 0 bridgehead atoms. The number of rotatable bonds is 8. The molecule has 1 aliphatic carbocycles. The fourth-order valence-electron chi connectivity index (χ4n) is 2.75. The Balaban J connectivity index is 1.97. The van der Waals surface area contributed by atoms with Crippen LogP contribution in [0.4, 0.5) is 11.6 Å². The van der Waals surface area contributed by atoms with Crippen molar-refractivity contribution in [3.63, 3.8) is 0 Å². The average molecular weight is 292 g/mol. The molecule has 1 aliphatic rings. The minimum absolute atomic E-state index is 0.111. The van der Waals surface area contributed by atoms with Crippen LogP contribution in [0.15, 0.2) is 6.07 Å². The highest BCUT2D eigenvalue weighted by Gasteiger charge is 2.22. The molecule has 0 aliphatic heterocycles. The topological polar surface area (TPSA) is 70.1 Å². The zero-order valence-corrected chi connectivity index (χ0v) is 13.2. The monoisotopic (exact) mass is 292 g/mol. The summed E-state index contributed by atoms with van der Waals surface area (Å²) in [5.41, 5.74) is 0. The molecule has 0 saturated heterocycles. The van der Waals surface area contributed by atoms with E-state index in [1.807, 2.05) is 6.07 Å². The Hall–Kier alpha value is -1.36. The summed E-state index contributed by atoms with van der Waals surface area (Å²) >= 11 is 0. The van der Waals surface area contributed by atoms with Gasteiger partial charge in [-0.25, -0.2) is 9.97 Å². The van der Waals surface area contributed by atoms with E-state index in [1.165, 1.54) is 0 Å². The molecule has 2 unspecified atom stereocenters. The molecule has 1 heterocycles. The number of hydrogen-bond acceptors (Lipinski definition) is 5. The molecule has 5 nitrogen and oxygen atoms in total. The van der Waals surface area contributed by atoms with Crippen LogP contribution in [-0.4, -0.2) is 34.3 Å². The number of nitrogens with one attached hydrogen (secondary N) is 2. The van der Waals surface area contributed by atoms with Gasteiger partial charge in [0, 0.05) is 25.6 Å². The first-order valence-electron chi connectivity index (χ1n) is 8.25. The maximum Gasteiger partial charge on any atom is 0.133 e. The van der Waals surface area contributed by atoms with Crippen LogP contribution in [0, 0.1) is 5.92 Å². The van der Waals surface area contributed by atoms with Crippen molar-refractivity contribution in [2.45, 2.75) is 58.5 Å². The number of nitrogens with zero attached hydrogens (tertiary/aromatic N) is 2. The van der Waals surface area contributed by atoms with Gasteiger partial charge in [0.15, 0.2) is 0 Å². The first kappa shape index (κ1) is 16.0. The summed E-state index contributed by atoms with van der Waals surface area (Å²) in [7, 11) is 0. The zero-order chi connectivity index (χ0) is 15.1. The Kier molecular flexibility index (Phi) is 6.23. The standard InChI is InChI=1S/C16H28N4O/c1-3-5-14-19-15(17-8-4-2)10-16(20-14)18-11-12-6-7-13(21)9-12/h10,12-13,21H,3-9,11H2,1-2H3,(H2,17,18,19,20). The van der Waals surface area contributed by atoms with Gasteiger partial charge >= 0.3 is 0 Å². The summed E-state index contributed by atoms with van der Waals surface area (Å²) in [5.74, 6) is 3.25. The Morgan fingerprint density at radius 3 is 2.52 bits per heavy atom. The number of hydrogen-bond donors (Lipinski definition) is 3. The lowest BCUT2D eigenvalue weighted by atomic mass is 10.1. The first-order chi connectivity index (χ1) is 10.2. The molecule has 2 rings (SSSR count). The van der Waals surface area contributed by atoms with Gasteiger partial charge in [-0.1, -0.05) is 13.8 Å². The largest absolute Gasteiger partial charge is 0.393 e. The molecular formula is C16H28N4O. The van der Waals surface area contributed by atoms with E-state index in [0.717, 1.165) is 69.1 Å². The molecule has 1 aromatic heterocycles. The Bertz CT molecular complexity index is 438. The van der Waals surface area contributed by atoms with Crippen molar-refractivity contribution in [2.75, 3.05) is 23.7 Å². The third-order valence-electron chi connectivity index (χ3n) is 3.89. The lowest BCUT2D eigenvalue weighted by Gasteiger charge is -2.14. The highest BCUT2D eigenvalue weighted by atomic mass is 16.3. The van der Waals surface area contributed by atoms with Crippen LogP contribution in [0.2, 0.25) is 0 Å². The third-order valence-corrected chi connectivity index (χ3v) is 3.89. The Labute approximate surface area is 127 Å².